The van der Waals surface area contributed by atoms with E-state index in [1.54, 1.807) is 48.5 Å². The predicted molar refractivity (Wildman–Crippen MR) is 121 cm³/mol. The molecule has 1 aliphatic rings. The normalized spacial score (nSPS) is 14.1. The number of carbonyl (C=O) groups excluding carboxylic acids is 1. The first-order chi connectivity index (χ1) is 15.4. The highest BCUT2D eigenvalue weighted by atomic mass is 32.2. The van der Waals surface area contributed by atoms with Gasteiger partial charge in [0.15, 0.2) is 0 Å². The third kappa shape index (κ3) is 5.06. The van der Waals surface area contributed by atoms with Crippen molar-refractivity contribution in [2.24, 2.45) is 0 Å². The van der Waals surface area contributed by atoms with E-state index in [1.165, 1.54) is 24.3 Å². The zero-order valence-electron chi connectivity index (χ0n) is 17.1. The molecule has 7 nitrogen and oxygen atoms in total. The number of ether oxygens (including phenoxy) is 1. The number of nitrogens with zero attached hydrogens (tertiary/aromatic N) is 1. The van der Waals surface area contributed by atoms with E-state index in [2.05, 4.69) is 10.0 Å². The van der Waals surface area contributed by atoms with Crippen molar-refractivity contribution in [1.82, 2.24) is 0 Å². The van der Waals surface area contributed by atoms with Gasteiger partial charge in [0.05, 0.1) is 23.8 Å². The standard InChI is InChI=1S/C23H22FN3O4S/c24-21-16-18(9-10-22(21)27-11-13-31-14-12-27)25-23(28)17-5-4-6-19(15-17)26-32(29,30)20-7-2-1-3-8-20/h1-10,15-16,26H,11-14H2,(H,25,28). The first kappa shape index (κ1) is 21.8. The molecule has 0 saturated carbocycles. The molecule has 1 aliphatic heterocycles. The number of nitrogens with one attached hydrogen (secondary N) is 2. The van der Waals surface area contributed by atoms with Gasteiger partial charge in [-0.3, -0.25) is 9.52 Å². The van der Waals surface area contributed by atoms with Crippen molar-refractivity contribution in [2.45, 2.75) is 4.90 Å². The lowest BCUT2D eigenvalue weighted by Crippen LogP contribution is -2.36. The fourth-order valence-corrected chi connectivity index (χ4v) is 4.46. The summed E-state index contributed by atoms with van der Waals surface area (Å²) in [5, 5.41) is 2.65. The SMILES string of the molecule is O=C(Nc1ccc(N2CCOCC2)c(F)c1)c1cccc(NS(=O)(=O)c2ccccc2)c1. The first-order valence-corrected chi connectivity index (χ1v) is 11.5. The Kier molecular flexibility index (Phi) is 6.38. The number of morpholine rings is 1. The third-order valence-corrected chi connectivity index (χ3v) is 6.39. The molecule has 0 aliphatic carbocycles. The van der Waals surface area contributed by atoms with Crippen molar-refractivity contribution in [3.63, 3.8) is 0 Å². The van der Waals surface area contributed by atoms with Crippen LogP contribution in [0.4, 0.5) is 21.5 Å². The van der Waals surface area contributed by atoms with Gasteiger partial charge in [-0.25, -0.2) is 12.8 Å². The Morgan fingerprint density at radius 3 is 2.38 bits per heavy atom. The molecular formula is C23H22FN3O4S. The summed E-state index contributed by atoms with van der Waals surface area (Å²) in [4.78, 5) is 14.7. The molecule has 9 heteroatoms. The monoisotopic (exact) mass is 455 g/mol. The lowest BCUT2D eigenvalue weighted by atomic mass is 10.2. The highest BCUT2D eigenvalue weighted by molar-refractivity contribution is 7.92. The maximum atomic E-state index is 14.6. The van der Waals surface area contributed by atoms with Crippen molar-refractivity contribution in [2.75, 3.05) is 41.2 Å². The van der Waals surface area contributed by atoms with E-state index in [4.69, 9.17) is 4.74 Å². The molecule has 32 heavy (non-hydrogen) atoms. The fourth-order valence-electron chi connectivity index (χ4n) is 3.39. The number of amides is 1. The van der Waals surface area contributed by atoms with Crippen LogP contribution in [0.1, 0.15) is 10.4 Å². The zero-order valence-corrected chi connectivity index (χ0v) is 17.9. The van der Waals surface area contributed by atoms with Crippen LogP contribution in [0.15, 0.2) is 77.7 Å². The van der Waals surface area contributed by atoms with Crippen LogP contribution < -0.4 is 14.9 Å². The van der Waals surface area contributed by atoms with Gasteiger partial charge in [0.2, 0.25) is 0 Å². The molecule has 1 amide bonds. The van der Waals surface area contributed by atoms with Crippen molar-refractivity contribution in [1.29, 1.82) is 0 Å². The Morgan fingerprint density at radius 2 is 1.66 bits per heavy atom. The molecule has 0 spiro atoms. The number of sulfonamides is 1. The fraction of sp³-hybridized carbons (Fsp3) is 0.174. The van der Waals surface area contributed by atoms with Gasteiger partial charge in [0, 0.05) is 30.0 Å². The Hall–Kier alpha value is -3.43. The number of hydrogen-bond donors (Lipinski definition) is 2. The first-order valence-electron chi connectivity index (χ1n) is 10.0. The Bertz CT molecular complexity index is 1210. The third-order valence-electron chi connectivity index (χ3n) is 4.99. The average Bonchev–Trinajstić information content (AvgIpc) is 2.80. The second-order valence-corrected chi connectivity index (χ2v) is 8.90. The smallest absolute Gasteiger partial charge is 0.261 e. The average molecular weight is 456 g/mol. The van der Waals surface area contributed by atoms with Crippen LogP contribution in [0, 0.1) is 5.82 Å². The summed E-state index contributed by atoms with van der Waals surface area (Å²) in [6.07, 6.45) is 0. The van der Waals surface area contributed by atoms with E-state index < -0.39 is 21.7 Å². The van der Waals surface area contributed by atoms with Gasteiger partial charge >= 0.3 is 0 Å². The zero-order chi connectivity index (χ0) is 22.6. The van der Waals surface area contributed by atoms with Gasteiger partial charge in [0.1, 0.15) is 5.82 Å². The molecule has 2 N–H and O–H groups in total. The molecule has 166 valence electrons. The number of halogens is 1. The van der Waals surface area contributed by atoms with Crippen LogP contribution >= 0.6 is 0 Å². The van der Waals surface area contributed by atoms with Crippen LogP contribution in [0.2, 0.25) is 0 Å². The molecule has 1 saturated heterocycles. The van der Waals surface area contributed by atoms with Crippen LogP contribution in [-0.4, -0.2) is 40.6 Å². The summed E-state index contributed by atoms with van der Waals surface area (Å²) in [6.45, 7) is 2.30. The van der Waals surface area contributed by atoms with Gasteiger partial charge in [-0.2, -0.15) is 0 Å². The molecule has 1 fully saturated rings. The number of hydrogen-bond acceptors (Lipinski definition) is 5. The van der Waals surface area contributed by atoms with Crippen molar-refractivity contribution >= 4 is 33.0 Å². The van der Waals surface area contributed by atoms with Gasteiger partial charge < -0.3 is 15.0 Å². The van der Waals surface area contributed by atoms with Crippen LogP contribution in [0.3, 0.4) is 0 Å². The maximum absolute atomic E-state index is 14.6. The van der Waals surface area contributed by atoms with Crippen LogP contribution in [0.5, 0.6) is 0 Å². The lowest BCUT2D eigenvalue weighted by Gasteiger charge is -2.29. The van der Waals surface area contributed by atoms with Crippen molar-refractivity contribution in [3.8, 4) is 0 Å². The largest absolute Gasteiger partial charge is 0.378 e. The Labute approximate surface area is 185 Å². The number of carbonyl (C=O) groups is 1. The summed E-state index contributed by atoms with van der Waals surface area (Å²) < 4.78 is 47.4. The van der Waals surface area contributed by atoms with E-state index >= 15 is 0 Å². The highest BCUT2D eigenvalue weighted by Gasteiger charge is 2.17. The molecule has 3 aromatic rings. The van der Waals surface area contributed by atoms with Gasteiger partial charge in [-0.1, -0.05) is 24.3 Å². The minimum absolute atomic E-state index is 0.116. The number of benzene rings is 3. The molecule has 0 bridgehead atoms. The molecule has 0 aromatic heterocycles. The minimum atomic E-state index is -3.78. The molecule has 1 heterocycles. The lowest BCUT2D eigenvalue weighted by molar-refractivity contribution is 0.102. The molecule has 3 aromatic carbocycles. The van der Waals surface area contributed by atoms with Crippen molar-refractivity contribution < 1.29 is 22.3 Å². The van der Waals surface area contributed by atoms with Crippen LogP contribution in [0.25, 0.3) is 0 Å². The highest BCUT2D eigenvalue weighted by Crippen LogP contribution is 2.24. The molecular weight excluding hydrogens is 433 g/mol. The summed E-state index contributed by atoms with van der Waals surface area (Å²) in [6, 6.07) is 18.6. The topological polar surface area (TPSA) is 87.7 Å². The van der Waals surface area contributed by atoms with E-state index in [-0.39, 0.29) is 16.1 Å². The van der Waals surface area contributed by atoms with E-state index in [9.17, 15) is 17.6 Å². The second kappa shape index (κ2) is 9.37. The van der Waals surface area contributed by atoms with Gasteiger partial charge in [-0.05, 0) is 48.5 Å². The van der Waals surface area contributed by atoms with E-state index in [0.29, 0.717) is 37.7 Å². The summed E-state index contributed by atoms with van der Waals surface area (Å²) in [5.41, 5.74) is 1.25. The molecule has 4 rings (SSSR count). The maximum Gasteiger partial charge on any atom is 0.261 e. The minimum Gasteiger partial charge on any atom is -0.378 e. The molecule has 0 unspecified atom stereocenters. The second-order valence-electron chi connectivity index (χ2n) is 7.22. The van der Waals surface area contributed by atoms with E-state index in [1.807, 2.05) is 4.90 Å². The van der Waals surface area contributed by atoms with Gasteiger partial charge in [-0.15, -0.1) is 0 Å². The number of anilines is 3. The summed E-state index contributed by atoms with van der Waals surface area (Å²) >= 11 is 0. The summed E-state index contributed by atoms with van der Waals surface area (Å²) in [7, 11) is -3.78. The van der Waals surface area contributed by atoms with E-state index in [0.717, 1.165) is 0 Å². The Balaban J connectivity index is 1.47. The Morgan fingerprint density at radius 1 is 0.906 bits per heavy atom. The number of rotatable bonds is 6. The molecule has 0 radical (unpaired) electrons. The summed E-state index contributed by atoms with van der Waals surface area (Å²) in [5.74, 6) is -0.918. The molecule has 0 atom stereocenters. The quantitative estimate of drug-likeness (QED) is 0.592. The predicted octanol–water partition coefficient (Wildman–Crippen LogP) is 3.72. The van der Waals surface area contributed by atoms with Crippen molar-refractivity contribution in [3.05, 3.63) is 84.2 Å². The van der Waals surface area contributed by atoms with Gasteiger partial charge in [0.25, 0.3) is 15.9 Å². The van der Waals surface area contributed by atoms with Crippen LogP contribution in [-0.2, 0) is 14.8 Å².